The van der Waals surface area contributed by atoms with Gasteiger partial charge in [-0.05, 0) is 19.4 Å². The number of carbonyl (C=O) groups is 1. The van der Waals surface area contributed by atoms with Gasteiger partial charge in [0.1, 0.15) is 0 Å². The lowest BCUT2D eigenvalue weighted by molar-refractivity contribution is -0.132. The normalized spacial score (nSPS) is 11.0. The molecule has 0 atom stereocenters. The van der Waals surface area contributed by atoms with E-state index in [9.17, 15) is 4.79 Å². The Hall–Kier alpha value is -1.05. The minimum atomic E-state index is -0.327. The van der Waals surface area contributed by atoms with Crippen LogP contribution in [-0.4, -0.2) is 5.97 Å². The summed E-state index contributed by atoms with van der Waals surface area (Å²) in [7, 11) is 0. The summed E-state index contributed by atoms with van der Waals surface area (Å²) in [5, 5.41) is 0. The third-order valence-corrected chi connectivity index (χ3v) is 0.819. The maximum absolute atomic E-state index is 10.6. The highest BCUT2D eigenvalue weighted by atomic mass is 16.5. The number of hydrogen-bond acceptors (Lipinski definition) is 2. The average Bonchev–Trinajstić information content (AvgIpc) is 1.89. The largest absolute Gasteiger partial charge is 0.432 e. The van der Waals surface area contributed by atoms with Crippen LogP contribution in [0, 0.1) is 0 Å². The van der Waals surface area contributed by atoms with Gasteiger partial charge in [0.2, 0.25) is 0 Å². The van der Waals surface area contributed by atoms with Crippen molar-refractivity contribution in [1.29, 1.82) is 0 Å². The number of allylic oxidation sites excluding steroid dienone is 2. The molecule has 0 aromatic heterocycles. The molecule has 0 saturated heterocycles. The maximum atomic E-state index is 10.6. The molecule has 0 aliphatic heterocycles. The summed E-state index contributed by atoms with van der Waals surface area (Å²) in [6.07, 6.45) is 7.08. The van der Waals surface area contributed by atoms with Crippen LogP contribution in [0.2, 0.25) is 0 Å². The lowest BCUT2D eigenvalue weighted by atomic mass is 10.5. The van der Waals surface area contributed by atoms with E-state index in [0.717, 1.165) is 6.42 Å². The van der Waals surface area contributed by atoms with E-state index in [1.165, 1.54) is 12.3 Å². The van der Waals surface area contributed by atoms with Gasteiger partial charge in [0.25, 0.3) is 0 Å². The molecule has 0 radical (unpaired) electrons. The van der Waals surface area contributed by atoms with Crippen molar-refractivity contribution in [3.8, 4) is 0 Å². The SMILES string of the molecule is C/C=C/C(=O)OC=CCC. The fourth-order valence-corrected chi connectivity index (χ4v) is 0.387. The van der Waals surface area contributed by atoms with E-state index >= 15 is 0 Å². The standard InChI is InChI=1S/C8H12O2/c1-3-5-7-10-8(9)6-4-2/h4-7H,3H2,1-2H3/b6-4+,7-5?. The second-order valence-corrected chi connectivity index (χ2v) is 1.72. The first-order chi connectivity index (χ1) is 4.81. The summed E-state index contributed by atoms with van der Waals surface area (Å²) in [6, 6.07) is 0. The minimum absolute atomic E-state index is 0.327. The van der Waals surface area contributed by atoms with Gasteiger partial charge in [-0.2, -0.15) is 0 Å². The zero-order chi connectivity index (χ0) is 7.82. The van der Waals surface area contributed by atoms with E-state index in [1.807, 2.05) is 6.92 Å². The van der Waals surface area contributed by atoms with Gasteiger partial charge in [-0.15, -0.1) is 0 Å². The predicted molar refractivity (Wildman–Crippen MR) is 40.3 cm³/mol. The van der Waals surface area contributed by atoms with Crippen molar-refractivity contribution < 1.29 is 9.53 Å². The van der Waals surface area contributed by atoms with Crippen LogP contribution in [0.5, 0.6) is 0 Å². The summed E-state index contributed by atoms with van der Waals surface area (Å²) in [5.74, 6) is -0.327. The Morgan fingerprint density at radius 2 is 2.30 bits per heavy atom. The highest BCUT2D eigenvalue weighted by Gasteiger charge is 1.88. The van der Waals surface area contributed by atoms with Crippen LogP contribution < -0.4 is 0 Å². The average molecular weight is 140 g/mol. The fraction of sp³-hybridized carbons (Fsp3) is 0.375. The number of ether oxygens (including phenoxy) is 1. The second-order valence-electron chi connectivity index (χ2n) is 1.72. The van der Waals surface area contributed by atoms with E-state index in [-0.39, 0.29) is 5.97 Å². The van der Waals surface area contributed by atoms with E-state index < -0.39 is 0 Å². The molecule has 2 heteroatoms. The highest BCUT2D eigenvalue weighted by Crippen LogP contribution is 1.85. The number of carbonyl (C=O) groups excluding carboxylic acids is 1. The van der Waals surface area contributed by atoms with Crippen molar-refractivity contribution in [3.63, 3.8) is 0 Å². The third-order valence-electron chi connectivity index (χ3n) is 0.819. The van der Waals surface area contributed by atoms with Gasteiger partial charge in [0.05, 0.1) is 6.26 Å². The third kappa shape index (κ3) is 5.09. The Labute approximate surface area is 61.2 Å². The predicted octanol–water partition coefficient (Wildman–Crippen LogP) is 2.03. The topological polar surface area (TPSA) is 26.3 Å². The van der Waals surface area contributed by atoms with Crippen LogP contribution in [0.15, 0.2) is 24.5 Å². The molecule has 0 N–H and O–H groups in total. The van der Waals surface area contributed by atoms with Gasteiger partial charge in [0, 0.05) is 6.08 Å². The lowest BCUT2D eigenvalue weighted by Crippen LogP contribution is -1.92. The number of rotatable bonds is 3. The van der Waals surface area contributed by atoms with Gasteiger partial charge >= 0.3 is 5.97 Å². The number of hydrogen-bond donors (Lipinski definition) is 0. The molecule has 0 heterocycles. The number of esters is 1. The molecule has 0 fully saturated rings. The van der Waals surface area contributed by atoms with Gasteiger partial charge in [-0.1, -0.05) is 13.0 Å². The lowest BCUT2D eigenvalue weighted by Gasteiger charge is -1.89. The minimum Gasteiger partial charge on any atom is -0.432 e. The fourth-order valence-electron chi connectivity index (χ4n) is 0.387. The van der Waals surface area contributed by atoms with Gasteiger partial charge in [-0.25, -0.2) is 4.79 Å². The monoisotopic (exact) mass is 140 g/mol. The summed E-state index contributed by atoms with van der Waals surface area (Å²) in [4.78, 5) is 10.6. The zero-order valence-corrected chi connectivity index (χ0v) is 6.33. The molecule has 10 heavy (non-hydrogen) atoms. The van der Waals surface area contributed by atoms with E-state index in [1.54, 1.807) is 19.1 Å². The van der Waals surface area contributed by atoms with Crippen molar-refractivity contribution >= 4 is 5.97 Å². The van der Waals surface area contributed by atoms with Gasteiger partial charge in [-0.3, -0.25) is 0 Å². The Bertz CT molecular complexity index is 145. The molecular formula is C8H12O2. The summed E-state index contributed by atoms with van der Waals surface area (Å²) < 4.78 is 4.62. The molecule has 56 valence electrons. The molecule has 0 unspecified atom stereocenters. The van der Waals surface area contributed by atoms with Crippen LogP contribution in [0.1, 0.15) is 20.3 Å². The van der Waals surface area contributed by atoms with E-state index in [4.69, 9.17) is 0 Å². The van der Waals surface area contributed by atoms with Gasteiger partial charge in [0.15, 0.2) is 0 Å². The van der Waals surface area contributed by atoms with Crippen molar-refractivity contribution in [2.24, 2.45) is 0 Å². The van der Waals surface area contributed by atoms with Crippen LogP contribution in [-0.2, 0) is 9.53 Å². The van der Waals surface area contributed by atoms with Crippen LogP contribution in [0.25, 0.3) is 0 Å². The highest BCUT2D eigenvalue weighted by molar-refractivity contribution is 5.82. The quantitative estimate of drug-likeness (QED) is 0.340. The first-order valence-electron chi connectivity index (χ1n) is 3.29. The van der Waals surface area contributed by atoms with Crippen LogP contribution in [0.3, 0.4) is 0 Å². The Balaban J connectivity index is 3.49. The molecule has 0 spiro atoms. The maximum Gasteiger partial charge on any atom is 0.335 e. The van der Waals surface area contributed by atoms with Crippen LogP contribution in [0.4, 0.5) is 0 Å². The zero-order valence-electron chi connectivity index (χ0n) is 6.33. The van der Waals surface area contributed by atoms with Crippen molar-refractivity contribution in [1.82, 2.24) is 0 Å². The summed E-state index contributed by atoms with van der Waals surface area (Å²) >= 11 is 0. The van der Waals surface area contributed by atoms with E-state index in [0.29, 0.717) is 0 Å². The van der Waals surface area contributed by atoms with Crippen LogP contribution >= 0.6 is 0 Å². The smallest absolute Gasteiger partial charge is 0.335 e. The molecule has 0 aromatic rings. The molecule has 0 bridgehead atoms. The molecule has 0 saturated carbocycles. The van der Waals surface area contributed by atoms with Crippen molar-refractivity contribution in [2.45, 2.75) is 20.3 Å². The molecule has 0 aromatic carbocycles. The molecule has 0 aliphatic carbocycles. The summed E-state index contributed by atoms with van der Waals surface area (Å²) in [5.41, 5.74) is 0. The van der Waals surface area contributed by atoms with Crippen molar-refractivity contribution in [3.05, 3.63) is 24.5 Å². The van der Waals surface area contributed by atoms with Gasteiger partial charge < -0.3 is 4.74 Å². The first kappa shape index (κ1) is 8.95. The Morgan fingerprint density at radius 3 is 2.80 bits per heavy atom. The summed E-state index contributed by atoms with van der Waals surface area (Å²) in [6.45, 7) is 3.74. The molecule has 2 nitrogen and oxygen atoms in total. The Kier molecular flexibility index (Phi) is 5.44. The Morgan fingerprint density at radius 1 is 1.60 bits per heavy atom. The molecule has 0 rings (SSSR count). The molecule has 0 aliphatic rings. The van der Waals surface area contributed by atoms with E-state index in [2.05, 4.69) is 4.74 Å². The first-order valence-corrected chi connectivity index (χ1v) is 3.29. The molecule has 0 amide bonds. The second kappa shape index (κ2) is 6.08. The van der Waals surface area contributed by atoms with Crippen molar-refractivity contribution in [2.75, 3.05) is 0 Å². The molecular weight excluding hydrogens is 128 g/mol.